The minimum atomic E-state index is -0.738. The fraction of sp³-hybridized carbons (Fsp3) is 0.333. The number of anilines is 1. The molecule has 1 aromatic carbocycles. The number of aromatic nitrogens is 1. The zero-order chi connectivity index (χ0) is 13.6. The van der Waals surface area contributed by atoms with E-state index in [1.165, 1.54) is 0 Å². The summed E-state index contributed by atoms with van der Waals surface area (Å²) >= 11 is 0. The maximum atomic E-state index is 11.8. The Hall–Kier alpha value is -2.44. The number of hydrogen-bond donors (Lipinski definition) is 1. The van der Waals surface area contributed by atoms with Crippen molar-refractivity contribution in [3.63, 3.8) is 0 Å². The molecule has 1 aliphatic rings. The molecule has 1 heterocycles. The van der Waals surface area contributed by atoms with E-state index in [0.29, 0.717) is 29.1 Å². The highest BCUT2D eigenvalue weighted by molar-refractivity contribution is 5.96. The molecule has 7 heteroatoms. The SMILES string of the molecule is Cc1nc2cc(NC(=O)C3CC3[N+](=O)[O-])ccc2o1. The lowest BCUT2D eigenvalue weighted by atomic mass is 10.2. The number of nitrogens with zero attached hydrogens (tertiary/aromatic N) is 2. The molecule has 2 atom stereocenters. The van der Waals surface area contributed by atoms with Crippen LogP contribution in [0.5, 0.6) is 0 Å². The van der Waals surface area contributed by atoms with Crippen molar-refractivity contribution >= 4 is 22.7 Å². The van der Waals surface area contributed by atoms with E-state index in [0.717, 1.165) is 0 Å². The minimum Gasteiger partial charge on any atom is -0.441 e. The summed E-state index contributed by atoms with van der Waals surface area (Å²) in [5.74, 6) is -0.292. The minimum absolute atomic E-state index is 0.310. The maximum Gasteiger partial charge on any atom is 0.234 e. The smallest absolute Gasteiger partial charge is 0.234 e. The van der Waals surface area contributed by atoms with Gasteiger partial charge in [-0.2, -0.15) is 0 Å². The molecule has 7 nitrogen and oxygen atoms in total. The van der Waals surface area contributed by atoms with Crippen LogP contribution in [-0.4, -0.2) is 21.9 Å². The fourth-order valence-corrected chi connectivity index (χ4v) is 2.05. The third kappa shape index (κ3) is 2.14. The molecular weight excluding hydrogens is 250 g/mol. The van der Waals surface area contributed by atoms with Gasteiger partial charge in [-0.3, -0.25) is 14.9 Å². The van der Waals surface area contributed by atoms with Crippen molar-refractivity contribution in [1.29, 1.82) is 0 Å². The van der Waals surface area contributed by atoms with Crippen LogP contribution >= 0.6 is 0 Å². The molecule has 1 fully saturated rings. The molecule has 98 valence electrons. The van der Waals surface area contributed by atoms with E-state index in [1.807, 2.05) is 0 Å². The van der Waals surface area contributed by atoms with Crippen LogP contribution in [0.4, 0.5) is 5.69 Å². The van der Waals surface area contributed by atoms with Crippen molar-refractivity contribution in [2.24, 2.45) is 5.92 Å². The Balaban J connectivity index is 1.75. The van der Waals surface area contributed by atoms with Gasteiger partial charge in [-0.1, -0.05) is 0 Å². The Morgan fingerprint density at radius 1 is 1.58 bits per heavy atom. The van der Waals surface area contributed by atoms with Crippen LogP contribution in [0.1, 0.15) is 12.3 Å². The van der Waals surface area contributed by atoms with Gasteiger partial charge in [0.05, 0.1) is 0 Å². The second-order valence-electron chi connectivity index (χ2n) is 4.60. The van der Waals surface area contributed by atoms with Crippen molar-refractivity contribution in [3.05, 3.63) is 34.2 Å². The maximum absolute atomic E-state index is 11.8. The van der Waals surface area contributed by atoms with Crippen molar-refractivity contribution in [1.82, 2.24) is 4.98 Å². The summed E-state index contributed by atoms with van der Waals surface area (Å²) in [5.41, 5.74) is 1.86. The second kappa shape index (κ2) is 4.04. The molecule has 0 radical (unpaired) electrons. The first kappa shape index (κ1) is 11.6. The second-order valence-corrected chi connectivity index (χ2v) is 4.60. The predicted octanol–water partition coefficient (Wildman–Crippen LogP) is 1.74. The van der Waals surface area contributed by atoms with Gasteiger partial charge in [-0.25, -0.2) is 4.98 Å². The van der Waals surface area contributed by atoms with Gasteiger partial charge in [-0.05, 0) is 18.2 Å². The molecule has 2 unspecified atom stereocenters. The average molecular weight is 261 g/mol. The summed E-state index contributed by atoms with van der Waals surface area (Å²) in [6.07, 6.45) is 0.310. The van der Waals surface area contributed by atoms with E-state index in [-0.39, 0.29) is 5.91 Å². The summed E-state index contributed by atoms with van der Waals surface area (Å²) in [7, 11) is 0. The first-order valence-corrected chi connectivity index (χ1v) is 5.86. The van der Waals surface area contributed by atoms with E-state index < -0.39 is 16.9 Å². The number of hydrogen-bond acceptors (Lipinski definition) is 5. The molecule has 0 spiro atoms. The van der Waals surface area contributed by atoms with Gasteiger partial charge in [0, 0.05) is 24.0 Å². The monoisotopic (exact) mass is 261 g/mol. The highest BCUT2D eigenvalue weighted by atomic mass is 16.6. The summed E-state index contributed by atoms with van der Waals surface area (Å²) < 4.78 is 5.32. The molecule has 19 heavy (non-hydrogen) atoms. The Kier molecular flexibility index (Phi) is 2.48. The van der Waals surface area contributed by atoms with E-state index in [9.17, 15) is 14.9 Å². The van der Waals surface area contributed by atoms with Gasteiger partial charge >= 0.3 is 0 Å². The fourth-order valence-electron chi connectivity index (χ4n) is 2.05. The number of nitrogens with one attached hydrogen (secondary N) is 1. The molecule has 3 rings (SSSR count). The van der Waals surface area contributed by atoms with E-state index in [2.05, 4.69) is 10.3 Å². The highest BCUT2D eigenvalue weighted by Crippen LogP contribution is 2.34. The number of aryl methyl sites for hydroxylation is 1. The summed E-state index contributed by atoms with van der Waals surface area (Å²) in [6.45, 7) is 1.74. The molecule has 2 aromatic rings. The molecule has 1 aliphatic carbocycles. The van der Waals surface area contributed by atoms with Crippen LogP contribution in [0, 0.1) is 23.0 Å². The Morgan fingerprint density at radius 3 is 3.05 bits per heavy atom. The van der Waals surface area contributed by atoms with Crippen LogP contribution in [0.3, 0.4) is 0 Å². The number of oxazole rings is 1. The van der Waals surface area contributed by atoms with Gasteiger partial charge in [0.1, 0.15) is 11.4 Å². The standard InChI is InChI=1S/C12H11N3O4/c1-6-13-9-4-7(2-3-11(9)19-6)14-12(16)8-5-10(8)15(17)18/h2-4,8,10H,5H2,1H3,(H,14,16). The predicted molar refractivity (Wildman–Crippen MR) is 66.3 cm³/mol. The topological polar surface area (TPSA) is 98.3 Å². The van der Waals surface area contributed by atoms with Gasteiger partial charge in [0.2, 0.25) is 11.9 Å². The van der Waals surface area contributed by atoms with E-state index in [1.54, 1.807) is 25.1 Å². The quantitative estimate of drug-likeness (QED) is 0.670. The Labute approximate surface area is 107 Å². The normalized spacial score (nSPS) is 21.3. The summed E-state index contributed by atoms with van der Waals surface area (Å²) in [4.78, 5) is 26.0. The number of fused-ring (bicyclic) bond motifs is 1. The first-order chi connectivity index (χ1) is 9.04. The van der Waals surface area contributed by atoms with Crippen molar-refractivity contribution < 1.29 is 14.1 Å². The lowest BCUT2D eigenvalue weighted by molar-refractivity contribution is -0.497. The zero-order valence-corrected chi connectivity index (χ0v) is 10.1. The van der Waals surface area contributed by atoms with Crippen LogP contribution < -0.4 is 5.32 Å². The number of benzene rings is 1. The lowest BCUT2D eigenvalue weighted by Crippen LogP contribution is -2.18. The average Bonchev–Trinajstić information content (AvgIpc) is 3.06. The van der Waals surface area contributed by atoms with Crippen molar-refractivity contribution in [2.75, 3.05) is 5.32 Å². The van der Waals surface area contributed by atoms with E-state index in [4.69, 9.17) is 4.42 Å². The third-order valence-corrected chi connectivity index (χ3v) is 3.13. The van der Waals surface area contributed by atoms with Gasteiger partial charge in [0.15, 0.2) is 11.5 Å². The third-order valence-electron chi connectivity index (χ3n) is 3.13. The number of nitro groups is 1. The summed E-state index contributed by atoms with van der Waals surface area (Å²) in [5, 5.41) is 13.2. The molecular formula is C12H11N3O4. The van der Waals surface area contributed by atoms with Crippen LogP contribution in [0.15, 0.2) is 22.6 Å². The van der Waals surface area contributed by atoms with Crippen LogP contribution in [0.2, 0.25) is 0 Å². The van der Waals surface area contributed by atoms with E-state index >= 15 is 0 Å². The molecule has 0 bridgehead atoms. The van der Waals surface area contributed by atoms with Gasteiger partial charge in [-0.15, -0.1) is 0 Å². The molecule has 0 aliphatic heterocycles. The number of carbonyl (C=O) groups is 1. The number of amides is 1. The highest BCUT2D eigenvalue weighted by Gasteiger charge is 2.53. The van der Waals surface area contributed by atoms with Crippen LogP contribution in [-0.2, 0) is 4.79 Å². The van der Waals surface area contributed by atoms with Gasteiger partial charge < -0.3 is 9.73 Å². The van der Waals surface area contributed by atoms with Crippen molar-refractivity contribution in [2.45, 2.75) is 19.4 Å². The molecule has 1 aromatic heterocycles. The van der Waals surface area contributed by atoms with Crippen LogP contribution in [0.25, 0.3) is 11.1 Å². The zero-order valence-electron chi connectivity index (χ0n) is 10.1. The lowest BCUT2D eigenvalue weighted by Gasteiger charge is -2.02. The largest absolute Gasteiger partial charge is 0.441 e. The number of rotatable bonds is 3. The Morgan fingerprint density at radius 2 is 2.37 bits per heavy atom. The molecule has 1 N–H and O–H groups in total. The molecule has 1 amide bonds. The summed E-state index contributed by atoms with van der Waals surface area (Å²) in [6, 6.07) is 4.35. The molecule has 0 saturated heterocycles. The van der Waals surface area contributed by atoms with Crippen molar-refractivity contribution in [3.8, 4) is 0 Å². The molecule has 1 saturated carbocycles. The van der Waals surface area contributed by atoms with Gasteiger partial charge in [0.25, 0.3) is 0 Å². The first-order valence-electron chi connectivity index (χ1n) is 5.86. The Bertz CT molecular complexity index is 679. The number of carbonyl (C=O) groups excluding carboxylic acids is 1.